The summed E-state index contributed by atoms with van der Waals surface area (Å²) in [4.78, 5) is 38.6. The predicted octanol–water partition coefficient (Wildman–Crippen LogP) is 1.41. The van der Waals surface area contributed by atoms with Gasteiger partial charge >= 0.3 is 6.03 Å². The molecule has 1 aliphatic carbocycles. The standard InChI is InChI=1S/C18H30N4O3.ClH/c1-12-7-17(2,3)11-18(8-12)15(24)22(16(25)21-18)10-14(23)20-9-13-5-4-6-19-13;/h12-13,19H,4-11H2,1-3H3,(H,20,23)(H,21,25);1H. The number of carbonyl (C=O) groups excluding carboxylic acids is 3. The lowest BCUT2D eigenvalue weighted by molar-refractivity contribution is -0.137. The molecule has 4 amide bonds. The minimum atomic E-state index is -0.842. The molecule has 1 spiro atoms. The van der Waals surface area contributed by atoms with Crippen LogP contribution in [0.15, 0.2) is 0 Å². The zero-order valence-corrected chi connectivity index (χ0v) is 16.7. The van der Waals surface area contributed by atoms with Gasteiger partial charge in [0.2, 0.25) is 5.91 Å². The van der Waals surface area contributed by atoms with Crippen molar-refractivity contribution in [1.82, 2.24) is 20.9 Å². The Morgan fingerprint density at radius 1 is 1.31 bits per heavy atom. The molecule has 0 radical (unpaired) electrons. The molecule has 2 heterocycles. The molecule has 7 nitrogen and oxygen atoms in total. The Kier molecular flexibility index (Phi) is 6.23. The maximum Gasteiger partial charge on any atom is 0.325 e. The number of nitrogens with one attached hydrogen (secondary N) is 3. The number of halogens is 1. The lowest BCUT2D eigenvalue weighted by atomic mass is 9.64. The van der Waals surface area contributed by atoms with Gasteiger partial charge in [-0.25, -0.2) is 4.79 Å². The largest absolute Gasteiger partial charge is 0.353 e. The Bertz CT molecular complexity index is 577. The first-order valence-corrected chi connectivity index (χ1v) is 9.35. The average Bonchev–Trinajstić information content (AvgIpc) is 3.06. The van der Waals surface area contributed by atoms with Crippen molar-refractivity contribution in [2.75, 3.05) is 19.6 Å². The number of carbonyl (C=O) groups is 3. The van der Waals surface area contributed by atoms with Gasteiger partial charge < -0.3 is 16.0 Å². The van der Waals surface area contributed by atoms with Gasteiger partial charge in [-0.15, -0.1) is 12.4 Å². The summed E-state index contributed by atoms with van der Waals surface area (Å²) in [7, 11) is 0. The van der Waals surface area contributed by atoms with Gasteiger partial charge in [0, 0.05) is 12.6 Å². The average molecular weight is 387 g/mol. The van der Waals surface area contributed by atoms with Crippen LogP contribution in [0.4, 0.5) is 4.79 Å². The van der Waals surface area contributed by atoms with E-state index in [1.807, 2.05) is 0 Å². The number of urea groups is 1. The summed E-state index contributed by atoms with van der Waals surface area (Å²) in [5, 5.41) is 9.05. The Labute approximate surface area is 161 Å². The van der Waals surface area contributed by atoms with E-state index in [4.69, 9.17) is 0 Å². The topological polar surface area (TPSA) is 90.5 Å². The van der Waals surface area contributed by atoms with Crippen LogP contribution in [0.1, 0.15) is 52.9 Å². The molecule has 3 rings (SSSR count). The first-order valence-electron chi connectivity index (χ1n) is 9.35. The fourth-order valence-corrected chi connectivity index (χ4v) is 5.02. The molecule has 1 saturated carbocycles. The molecular formula is C18H31ClN4O3. The third kappa shape index (κ3) is 4.31. The van der Waals surface area contributed by atoms with Gasteiger partial charge in [-0.05, 0) is 50.0 Å². The minimum absolute atomic E-state index is 0. The summed E-state index contributed by atoms with van der Waals surface area (Å²) in [5.74, 6) is -0.168. The quantitative estimate of drug-likeness (QED) is 0.637. The molecule has 0 aromatic rings. The Balaban J connectivity index is 0.00000243. The first-order chi connectivity index (χ1) is 11.7. The fraction of sp³-hybridized carbons (Fsp3) is 0.833. The van der Waals surface area contributed by atoms with Crippen LogP contribution in [-0.4, -0.2) is 54.0 Å². The van der Waals surface area contributed by atoms with Gasteiger partial charge in [0.15, 0.2) is 0 Å². The summed E-state index contributed by atoms with van der Waals surface area (Å²) in [6, 6.07) is -0.151. The van der Waals surface area contributed by atoms with Crippen LogP contribution in [0.5, 0.6) is 0 Å². The van der Waals surface area contributed by atoms with E-state index >= 15 is 0 Å². The Morgan fingerprint density at radius 3 is 2.65 bits per heavy atom. The van der Waals surface area contributed by atoms with E-state index in [1.54, 1.807) is 0 Å². The van der Waals surface area contributed by atoms with Gasteiger partial charge in [0.1, 0.15) is 12.1 Å². The number of hydrogen-bond donors (Lipinski definition) is 3. The molecule has 8 heteroatoms. The van der Waals surface area contributed by atoms with Crippen LogP contribution in [0.2, 0.25) is 0 Å². The molecule has 3 fully saturated rings. The van der Waals surface area contributed by atoms with Crippen LogP contribution in [0.3, 0.4) is 0 Å². The van der Waals surface area contributed by atoms with Gasteiger partial charge in [-0.1, -0.05) is 20.8 Å². The molecule has 3 aliphatic rings. The fourth-order valence-electron chi connectivity index (χ4n) is 5.02. The molecule has 3 N–H and O–H groups in total. The number of rotatable bonds is 4. The summed E-state index contributed by atoms with van der Waals surface area (Å²) in [6.45, 7) is 7.70. The van der Waals surface area contributed by atoms with Crippen molar-refractivity contribution in [2.24, 2.45) is 11.3 Å². The van der Waals surface area contributed by atoms with E-state index in [0.717, 1.165) is 30.7 Å². The predicted molar refractivity (Wildman–Crippen MR) is 101 cm³/mol. The van der Waals surface area contributed by atoms with Crippen molar-refractivity contribution < 1.29 is 14.4 Å². The van der Waals surface area contributed by atoms with E-state index in [0.29, 0.717) is 31.3 Å². The molecule has 2 saturated heterocycles. The highest BCUT2D eigenvalue weighted by molar-refractivity contribution is 6.09. The number of nitrogens with zero attached hydrogens (tertiary/aromatic N) is 1. The van der Waals surface area contributed by atoms with E-state index in [-0.39, 0.29) is 36.2 Å². The zero-order valence-electron chi connectivity index (χ0n) is 15.9. The summed E-state index contributed by atoms with van der Waals surface area (Å²) < 4.78 is 0. The van der Waals surface area contributed by atoms with Crippen LogP contribution in [0.25, 0.3) is 0 Å². The van der Waals surface area contributed by atoms with Crippen LogP contribution in [-0.2, 0) is 9.59 Å². The molecular weight excluding hydrogens is 356 g/mol. The SMILES string of the molecule is CC1CC(C)(C)CC2(C1)NC(=O)N(CC(=O)NCC1CCCN1)C2=O.Cl. The number of amides is 4. The number of hydrogen-bond acceptors (Lipinski definition) is 4. The molecule has 0 bridgehead atoms. The summed E-state index contributed by atoms with van der Waals surface area (Å²) >= 11 is 0. The minimum Gasteiger partial charge on any atom is -0.353 e. The van der Waals surface area contributed by atoms with Gasteiger partial charge in [-0.3, -0.25) is 14.5 Å². The van der Waals surface area contributed by atoms with E-state index < -0.39 is 11.6 Å². The molecule has 148 valence electrons. The normalized spacial score (nSPS) is 33.1. The summed E-state index contributed by atoms with van der Waals surface area (Å²) in [5.41, 5.74) is -0.849. The van der Waals surface area contributed by atoms with Crippen molar-refractivity contribution in [3.05, 3.63) is 0 Å². The summed E-state index contributed by atoms with van der Waals surface area (Å²) in [6.07, 6.45) is 4.46. The molecule has 2 aliphatic heterocycles. The monoisotopic (exact) mass is 386 g/mol. The second-order valence-electron chi connectivity index (χ2n) is 8.86. The number of imide groups is 1. The van der Waals surface area contributed by atoms with Gasteiger partial charge in [0.05, 0.1) is 0 Å². The van der Waals surface area contributed by atoms with Crippen molar-refractivity contribution in [2.45, 2.75) is 64.5 Å². The van der Waals surface area contributed by atoms with Crippen molar-refractivity contribution >= 4 is 30.3 Å². The third-order valence-corrected chi connectivity index (χ3v) is 5.63. The highest BCUT2D eigenvalue weighted by Gasteiger charge is 2.56. The third-order valence-electron chi connectivity index (χ3n) is 5.63. The molecule has 26 heavy (non-hydrogen) atoms. The van der Waals surface area contributed by atoms with Crippen LogP contribution in [0, 0.1) is 11.3 Å². The Hall–Kier alpha value is -1.34. The molecule has 3 unspecified atom stereocenters. The maximum atomic E-state index is 13.0. The van der Waals surface area contributed by atoms with Crippen molar-refractivity contribution in [3.8, 4) is 0 Å². The highest BCUT2D eigenvalue weighted by atomic mass is 35.5. The molecule has 0 aromatic heterocycles. The van der Waals surface area contributed by atoms with E-state index in [1.165, 1.54) is 0 Å². The zero-order chi connectivity index (χ0) is 18.2. The molecule has 3 atom stereocenters. The lowest BCUT2D eigenvalue weighted by Crippen LogP contribution is -2.54. The second kappa shape index (κ2) is 7.72. The van der Waals surface area contributed by atoms with Gasteiger partial charge in [0.25, 0.3) is 5.91 Å². The van der Waals surface area contributed by atoms with Crippen molar-refractivity contribution in [1.29, 1.82) is 0 Å². The van der Waals surface area contributed by atoms with Crippen molar-refractivity contribution in [3.63, 3.8) is 0 Å². The maximum absolute atomic E-state index is 13.0. The van der Waals surface area contributed by atoms with Crippen LogP contribution >= 0.6 is 12.4 Å². The Morgan fingerprint density at radius 2 is 2.04 bits per heavy atom. The van der Waals surface area contributed by atoms with Crippen LogP contribution < -0.4 is 16.0 Å². The molecule has 0 aromatic carbocycles. The second-order valence-corrected chi connectivity index (χ2v) is 8.86. The first kappa shape index (κ1) is 21.0. The lowest BCUT2D eigenvalue weighted by Gasteiger charge is -2.43. The highest BCUT2D eigenvalue weighted by Crippen LogP contribution is 2.46. The smallest absolute Gasteiger partial charge is 0.325 e. The van der Waals surface area contributed by atoms with E-state index in [9.17, 15) is 14.4 Å². The van der Waals surface area contributed by atoms with E-state index in [2.05, 4.69) is 36.7 Å². The van der Waals surface area contributed by atoms with Gasteiger partial charge in [-0.2, -0.15) is 0 Å².